The van der Waals surface area contributed by atoms with E-state index in [0.717, 1.165) is 12.8 Å². The molecule has 2 amide bonds. The smallest absolute Gasteiger partial charge is 0.249 e. The van der Waals surface area contributed by atoms with Crippen molar-refractivity contribution in [2.75, 3.05) is 18.5 Å². The molecular formula is C22H25Cl2N3O4. The van der Waals surface area contributed by atoms with Gasteiger partial charge in [-0.1, -0.05) is 42.6 Å². The van der Waals surface area contributed by atoms with E-state index in [4.69, 9.17) is 32.7 Å². The van der Waals surface area contributed by atoms with Crippen molar-refractivity contribution >= 4 is 46.9 Å². The maximum Gasteiger partial charge on any atom is 0.249 e. The van der Waals surface area contributed by atoms with Gasteiger partial charge in [0.05, 0.1) is 35.2 Å². The zero-order valence-electron chi connectivity index (χ0n) is 17.4. The van der Waals surface area contributed by atoms with Crippen LogP contribution in [0.5, 0.6) is 11.5 Å². The number of hydrogen-bond donors (Lipinski definition) is 2. The molecule has 0 saturated carbocycles. The van der Waals surface area contributed by atoms with Gasteiger partial charge in [-0.25, -0.2) is 5.43 Å². The van der Waals surface area contributed by atoms with Gasteiger partial charge in [-0.3, -0.25) is 9.59 Å². The Hall–Kier alpha value is -2.77. The highest BCUT2D eigenvalue weighted by molar-refractivity contribution is 6.44. The molecule has 0 aliphatic carbocycles. The lowest BCUT2D eigenvalue weighted by Gasteiger charge is -2.12. The fraction of sp³-hybridized carbons (Fsp3) is 0.318. The van der Waals surface area contributed by atoms with Crippen molar-refractivity contribution in [3.05, 3.63) is 52.0 Å². The second-order valence-corrected chi connectivity index (χ2v) is 7.25. The van der Waals surface area contributed by atoms with Crippen LogP contribution >= 0.6 is 23.2 Å². The predicted molar refractivity (Wildman–Crippen MR) is 123 cm³/mol. The van der Waals surface area contributed by atoms with Crippen molar-refractivity contribution < 1.29 is 19.1 Å². The van der Waals surface area contributed by atoms with E-state index in [9.17, 15) is 9.59 Å². The predicted octanol–water partition coefficient (Wildman–Crippen LogP) is 5.05. The summed E-state index contributed by atoms with van der Waals surface area (Å²) >= 11 is 11.9. The average molecular weight is 466 g/mol. The third-order valence-corrected chi connectivity index (χ3v) is 4.79. The quantitative estimate of drug-likeness (QED) is 0.210. The first-order chi connectivity index (χ1) is 14.9. The van der Waals surface area contributed by atoms with Crippen molar-refractivity contribution in [3.8, 4) is 11.5 Å². The fourth-order valence-electron chi connectivity index (χ4n) is 2.48. The van der Waals surface area contributed by atoms with Gasteiger partial charge in [0.1, 0.15) is 6.42 Å². The SMILES string of the molecule is CCCCOc1ccc(C=NNC(=O)CC(=O)Nc2cccc(Cl)c2Cl)cc1OCC. The molecule has 2 rings (SSSR count). The normalized spacial score (nSPS) is 10.7. The second kappa shape index (κ2) is 12.8. The summed E-state index contributed by atoms with van der Waals surface area (Å²) in [7, 11) is 0. The van der Waals surface area contributed by atoms with Crippen LogP contribution in [0, 0.1) is 0 Å². The zero-order chi connectivity index (χ0) is 22.6. The van der Waals surface area contributed by atoms with Gasteiger partial charge in [0, 0.05) is 0 Å². The van der Waals surface area contributed by atoms with Gasteiger partial charge in [-0.15, -0.1) is 0 Å². The summed E-state index contributed by atoms with van der Waals surface area (Å²) in [6, 6.07) is 10.2. The summed E-state index contributed by atoms with van der Waals surface area (Å²) in [5, 5.41) is 6.95. The molecule has 0 radical (unpaired) electrons. The lowest BCUT2D eigenvalue weighted by molar-refractivity contribution is -0.126. The Bertz CT molecular complexity index is 935. The number of benzene rings is 2. The largest absolute Gasteiger partial charge is 0.490 e. The highest BCUT2D eigenvalue weighted by atomic mass is 35.5. The summed E-state index contributed by atoms with van der Waals surface area (Å²) in [6.07, 6.45) is 3.03. The van der Waals surface area contributed by atoms with E-state index in [-0.39, 0.29) is 5.02 Å². The second-order valence-electron chi connectivity index (χ2n) is 6.46. The Morgan fingerprint density at radius 1 is 1.06 bits per heavy atom. The van der Waals surface area contributed by atoms with E-state index in [2.05, 4.69) is 22.8 Å². The summed E-state index contributed by atoms with van der Waals surface area (Å²) in [5.74, 6) is 0.153. The lowest BCUT2D eigenvalue weighted by atomic mass is 10.2. The molecule has 0 aliphatic heterocycles. The number of anilines is 1. The summed E-state index contributed by atoms with van der Waals surface area (Å²) in [5.41, 5.74) is 3.36. The summed E-state index contributed by atoms with van der Waals surface area (Å²) in [6.45, 7) is 5.09. The number of hydrazone groups is 1. The monoisotopic (exact) mass is 465 g/mol. The molecule has 2 aromatic rings. The number of unbranched alkanes of at least 4 members (excludes halogenated alkanes) is 1. The molecule has 0 saturated heterocycles. The molecule has 0 bridgehead atoms. The number of nitrogens with zero attached hydrogens (tertiary/aromatic N) is 1. The number of halogens is 2. The van der Waals surface area contributed by atoms with Crippen LogP contribution in [0.15, 0.2) is 41.5 Å². The van der Waals surface area contributed by atoms with Crippen LogP contribution in [0.2, 0.25) is 10.0 Å². The van der Waals surface area contributed by atoms with Gasteiger partial charge < -0.3 is 14.8 Å². The molecule has 0 atom stereocenters. The Morgan fingerprint density at radius 3 is 2.61 bits per heavy atom. The number of rotatable bonds is 11. The molecule has 0 fully saturated rings. The van der Waals surface area contributed by atoms with Gasteiger partial charge in [-0.2, -0.15) is 5.10 Å². The van der Waals surface area contributed by atoms with Gasteiger partial charge in [0.2, 0.25) is 11.8 Å². The minimum absolute atomic E-state index is 0.211. The highest BCUT2D eigenvalue weighted by Crippen LogP contribution is 2.30. The van der Waals surface area contributed by atoms with Crippen LogP contribution < -0.4 is 20.2 Å². The van der Waals surface area contributed by atoms with Crippen molar-refractivity contribution in [2.24, 2.45) is 5.10 Å². The number of amides is 2. The molecule has 2 aromatic carbocycles. The summed E-state index contributed by atoms with van der Waals surface area (Å²) in [4.78, 5) is 24.0. The minimum atomic E-state index is -0.573. The molecule has 0 unspecified atom stereocenters. The number of ether oxygens (including phenoxy) is 2. The van der Waals surface area contributed by atoms with Gasteiger partial charge in [0.25, 0.3) is 0 Å². The first kappa shape index (κ1) is 24.5. The Balaban J connectivity index is 1.90. The fourth-order valence-corrected chi connectivity index (χ4v) is 2.83. The Labute approximate surface area is 191 Å². The first-order valence-electron chi connectivity index (χ1n) is 9.90. The molecule has 7 nitrogen and oxygen atoms in total. The van der Waals surface area contributed by atoms with Crippen LogP contribution in [-0.4, -0.2) is 31.2 Å². The van der Waals surface area contributed by atoms with E-state index in [1.54, 1.807) is 36.4 Å². The van der Waals surface area contributed by atoms with Gasteiger partial charge in [0.15, 0.2) is 11.5 Å². The number of carbonyl (C=O) groups excluding carboxylic acids is 2. The minimum Gasteiger partial charge on any atom is -0.490 e. The lowest BCUT2D eigenvalue weighted by Crippen LogP contribution is -2.24. The van der Waals surface area contributed by atoms with Crippen molar-refractivity contribution in [3.63, 3.8) is 0 Å². The molecule has 166 valence electrons. The number of hydrogen-bond acceptors (Lipinski definition) is 5. The molecule has 0 spiro atoms. The third kappa shape index (κ3) is 8.11. The van der Waals surface area contributed by atoms with E-state index in [1.807, 2.05) is 6.92 Å². The van der Waals surface area contributed by atoms with Crippen molar-refractivity contribution in [2.45, 2.75) is 33.1 Å². The summed E-state index contributed by atoms with van der Waals surface area (Å²) < 4.78 is 11.4. The first-order valence-corrected chi connectivity index (χ1v) is 10.7. The van der Waals surface area contributed by atoms with Gasteiger partial charge >= 0.3 is 0 Å². The molecule has 9 heteroatoms. The molecular weight excluding hydrogens is 441 g/mol. The Morgan fingerprint density at radius 2 is 1.87 bits per heavy atom. The topological polar surface area (TPSA) is 89.0 Å². The van der Waals surface area contributed by atoms with Crippen molar-refractivity contribution in [1.82, 2.24) is 5.43 Å². The van der Waals surface area contributed by atoms with Crippen LogP contribution in [-0.2, 0) is 9.59 Å². The maximum atomic E-state index is 12.0. The van der Waals surface area contributed by atoms with E-state index in [1.165, 1.54) is 6.21 Å². The highest BCUT2D eigenvalue weighted by Gasteiger charge is 2.12. The molecule has 2 N–H and O–H groups in total. The van der Waals surface area contributed by atoms with Crippen LogP contribution in [0.4, 0.5) is 5.69 Å². The third-order valence-electron chi connectivity index (χ3n) is 3.97. The van der Waals surface area contributed by atoms with Crippen LogP contribution in [0.1, 0.15) is 38.7 Å². The molecule has 0 aliphatic rings. The van der Waals surface area contributed by atoms with E-state index in [0.29, 0.717) is 41.0 Å². The maximum absolute atomic E-state index is 12.0. The average Bonchev–Trinajstić information content (AvgIpc) is 2.73. The number of carbonyl (C=O) groups is 2. The zero-order valence-corrected chi connectivity index (χ0v) is 18.9. The van der Waals surface area contributed by atoms with Crippen LogP contribution in [0.3, 0.4) is 0 Å². The van der Waals surface area contributed by atoms with Gasteiger partial charge in [-0.05, 0) is 49.2 Å². The molecule has 0 heterocycles. The van der Waals surface area contributed by atoms with Crippen molar-refractivity contribution in [1.29, 1.82) is 0 Å². The Kier molecular flexibility index (Phi) is 10.1. The van der Waals surface area contributed by atoms with E-state index >= 15 is 0 Å². The number of nitrogens with one attached hydrogen (secondary N) is 2. The van der Waals surface area contributed by atoms with Crippen LogP contribution in [0.25, 0.3) is 0 Å². The molecule has 0 aromatic heterocycles. The molecule has 31 heavy (non-hydrogen) atoms. The van der Waals surface area contributed by atoms with E-state index < -0.39 is 18.2 Å². The standard InChI is InChI=1S/C22H25Cl2N3O4/c1-3-5-11-31-18-10-9-15(12-19(18)30-4-2)14-25-27-21(29)13-20(28)26-17-8-6-7-16(23)22(17)24/h6-10,12,14H,3-5,11,13H2,1-2H3,(H,26,28)(H,27,29).